The van der Waals surface area contributed by atoms with Gasteiger partial charge in [-0.05, 0) is 29.7 Å². The van der Waals surface area contributed by atoms with Crippen LogP contribution in [-0.2, 0) is 14.8 Å². The van der Waals surface area contributed by atoms with Crippen LogP contribution in [0.2, 0.25) is 0 Å². The van der Waals surface area contributed by atoms with Crippen molar-refractivity contribution in [3.8, 4) is 0 Å². The van der Waals surface area contributed by atoms with Gasteiger partial charge in [-0.25, -0.2) is 8.42 Å². The number of carbonyl (C=O) groups is 1. The average molecular weight is 346 g/mol. The second-order valence-electron chi connectivity index (χ2n) is 5.90. The van der Waals surface area contributed by atoms with Crippen molar-refractivity contribution in [2.75, 3.05) is 22.4 Å². The van der Waals surface area contributed by atoms with Gasteiger partial charge in [0.25, 0.3) is 0 Å². The number of nitrogens with zero attached hydrogens (tertiary/aromatic N) is 1. The van der Waals surface area contributed by atoms with E-state index in [1.54, 1.807) is 30.3 Å². The summed E-state index contributed by atoms with van der Waals surface area (Å²) in [5.41, 5.74) is 2.18. The number of para-hydroxylation sites is 2. The third kappa shape index (κ3) is 4.58. The van der Waals surface area contributed by atoms with Crippen molar-refractivity contribution in [1.29, 1.82) is 0 Å². The summed E-state index contributed by atoms with van der Waals surface area (Å²) in [7, 11) is -3.56. The first-order valence-corrected chi connectivity index (χ1v) is 9.55. The molecular formula is C18H22N2O3S. The van der Waals surface area contributed by atoms with Crippen LogP contribution in [0.25, 0.3) is 0 Å². The molecule has 0 unspecified atom stereocenters. The minimum atomic E-state index is -3.56. The fourth-order valence-corrected chi connectivity index (χ4v) is 3.29. The van der Waals surface area contributed by atoms with E-state index < -0.39 is 10.0 Å². The molecular weight excluding hydrogens is 324 g/mol. The van der Waals surface area contributed by atoms with Crippen LogP contribution in [0.15, 0.2) is 54.6 Å². The number of hydrogen-bond acceptors (Lipinski definition) is 3. The number of amides is 1. The predicted molar refractivity (Wildman–Crippen MR) is 97.8 cm³/mol. The molecule has 0 aliphatic carbocycles. The number of rotatable bonds is 6. The number of hydrogen-bond donors (Lipinski definition) is 1. The lowest BCUT2D eigenvalue weighted by Gasteiger charge is -2.22. The Balaban J connectivity index is 2.21. The van der Waals surface area contributed by atoms with Gasteiger partial charge >= 0.3 is 0 Å². The molecule has 128 valence electrons. The highest BCUT2D eigenvalue weighted by Crippen LogP contribution is 2.24. The summed E-state index contributed by atoms with van der Waals surface area (Å²) >= 11 is 0. The smallest absolute Gasteiger partial charge is 0.245 e. The molecule has 2 aromatic carbocycles. The fraction of sp³-hybridized carbons (Fsp3) is 0.278. The van der Waals surface area contributed by atoms with Gasteiger partial charge in [-0.2, -0.15) is 0 Å². The molecule has 0 saturated heterocycles. The zero-order valence-electron chi connectivity index (χ0n) is 14.1. The monoisotopic (exact) mass is 346 g/mol. The highest BCUT2D eigenvalue weighted by atomic mass is 32.2. The van der Waals surface area contributed by atoms with Crippen LogP contribution in [0.5, 0.6) is 0 Å². The molecule has 1 amide bonds. The normalized spacial score (nSPS) is 11.3. The van der Waals surface area contributed by atoms with E-state index in [1.165, 1.54) is 0 Å². The van der Waals surface area contributed by atoms with Crippen molar-refractivity contribution in [3.63, 3.8) is 0 Å². The molecule has 0 heterocycles. The van der Waals surface area contributed by atoms with Gasteiger partial charge in [0.1, 0.15) is 6.54 Å². The van der Waals surface area contributed by atoms with Crippen LogP contribution < -0.4 is 9.62 Å². The standard InChI is InChI=1S/C18H22N2O3S/c1-14(2)16-11-7-8-12-17(16)19-18(21)13-20(24(3,22)23)15-9-5-4-6-10-15/h4-12,14H,13H2,1-3H3,(H,19,21). The number of carbonyl (C=O) groups excluding carboxylic acids is 1. The molecule has 0 saturated carbocycles. The van der Waals surface area contributed by atoms with Crippen molar-refractivity contribution < 1.29 is 13.2 Å². The van der Waals surface area contributed by atoms with Gasteiger partial charge in [0.05, 0.1) is 11.9 Å². The SMILES string of the molecule is CC(C)c1ccccc1NC(=O)CN(c1ccccc1)S(C)(=O)=O. The second-order valence-corrected chi connectivity index (χ2v) is 7.80. The molecule has 0 radical (unpaired) electrons. The number of anilines is 2. The molecule has 0 fully saturated rings. The molecule has 0 aliphatic rings. The number of nitrogens with one attached hydrogen (secondary N) is 1. The van der Waals surface area contributed by atoms with Crippen molar-refractivity contribution in [1.82, 2.24) is 0 Å². The Morgan fingerprint density at radius 1 is 1.04 bits per heavy atom. The Labute approximate surface area is 143 Å². The molecule has 0 aliphatic heterocycles. The van der Waals surface area contributed by atoms with E-state index in [1.807, 2.05) is 38.1 Å². The lowest BCUT2D eigenvalue weighted by Crippen LogP contribution is -2.37. The van der Waals surface area contributed by atoms with Crippen LogP contribution in [0.3, 0.4) is 0 Å². The molecule has 24 heavy (non-hydrogen) atoms. The van der Waals surface area contributed by atoms with Crippen LogP contribution in [0.4, 0.5) is 11.4 Å². The van der Waals surface area contributed by atoms with Gasteiger partial charge in [-0.1, -0.05) is 50.2 Å². The highest BCUT2D eigenvalue weighted by molar-refractivity contribution is 7.92. The molecule has 6 heteroatoms. The first-order valence-electron chi connectivity index (χ1n) is 7.70. The zero-order valence-corrected chi connectivity index (χ0v) is 14.9. The summed E-state index contributed by atoms with van der Waals surface area (Å²) in [6.45, 7) is 3.81. The first kappa shape index (κ1) is 18.0. The summed E-state index contributed by atoms with van der Waals surface area (Å²) in [5.74, 6) is -0.126. The van der Waals surface area contributed by atoms with Gasteiger partial charge in [-0.3, -0.25) is 9.10 Å². The third-order valence-corrected chi connectivity index (χ3v) is 4.73. The fourth-order valence-electron chi connectivity index (χ4n) is 2.43. The zero-order chi connectivity index (χ0) is 17.7. The molecule has 0 bridgehead atoms. The Morgan fingerprint density at radius 2 is 1.62 bits per heavy atom. The van der Waals surface area contributed by atoms with Crippen molar-refractivity contribution in [3.05, 3.63) is 60.2 Å². The Bertz CT molecular complexity index is 802. The third-order valence-electron chi connectivity index (χ3n) is 3.59. The van der Waals surface area contributed by atoms with Gasteiger partial charge in [0, 0.05) is 5.69 Å². The van der Waals surface area contributed by atoms with E-state index in [4.69, 9.17) is 0 Å². The molecule has 2 rings (SSSR count). The van der Waals surface area contributed by atoms with E-state index in [0.717, 1.165) is 16.1 Å². The maximum atomic E-state index is 12.4. The quantitative estimate of drug-likeness (QED) is 0.873. The predicted octanol–water partition coefficient (Wildman–Crippen LogP) is 3.21. The van der Waals surface area contributed by atoms with Crippen molar-refractivity contribution in [2.24, 2.45) is 0 Å². The molecule has 0 aromatic heterocycles. The largest absolute Gasteiger partial charge is 0.324 e. The molecule has 5 nitrogen and oxygen atoms in total. The lowest BCUT2D eigenvalue weighted by atomic mass is 10.0. The van der Waals surface area contributed by atoms with E-state index in [2.05, 4.69) is 5.32 Å². The van der Waals surface area contributed by atoms with Crippen LogP contribution >= 0.6 is 0 Å². The van der Waals surface area contributed by atoms with Crippen LogP contribution in [-0.4, -0.2) is 27.1 Å². The molecule has 0 spiro atoms. The van der Waals surface area contributed by atoms with Crippen molar-refractivity contribution >= 4 is 27.3 Å². The summed E-state index contributed by atoms with van der Waals surface area (Å²) in [5, 5.41) is 2.82. The van der Waals surface area contributed by atoms with Crippen molar-refractivity contribution in [2.45, 2.75) is 19.8 Å². The minimum Gasteiger partial charge on any atom is -0.324 e. The summed E-state index contributed by atoms with van der Waals surface area (Å²) in [6, 6.07) is 16.1. The van der Waals surface area contributed by atoms with E-state index in [-0.39, 0.29) is 18.4 Å². The van der Waals surface area contributed by atoms with E-state index >= 15 is 0 Å². The van der Waals surface area contributed by atoms with Gasteiger partial charge in [0.2, 0.25) is 15.9 Å². The van der Waals surface area contributed by atoms with Gasteiger partial charge < -0.3 is 5.32 Å². The number of sulfonamides is 1. The molecule has 1 N–H and O–H groups in total. The van der Waals surface area contributed by atoms with E-state index in [9.17, 15) is 13.2 Å². The maximum absolute atomic E-state index is 12.4. The second kappa shape index (κ2) is 7.49. The average Bonchev–Trinajstić information content (AvgIpc) is 2.52. The molecule has 2 aromatic rings. The Kier molecular flexibility index (Phi) is 5.62. The van der Waals surface area contributed by atoms with Crippen LogP contribution in [0, 0.1) is 0 Å². The minimum absolute atomic E-state index is 0.252. The topological polar surface area (TPSA) is 66.5 Å². The Morgan fingerprint density at radius 3 is 2.21 bits per heavy atom. The van der Waals surface area contributed by atoms with Gasteiger partial charge in [0.15, 0.2) is 0 Å². The summed E-state index contributed by atoms with van der Waals surface area (Å²) in [6.07, 6.45) is 1.09. The lowest BCUT2D eigenvalue weighted by molar-refractivity contribution is -0.114. The number of benzene rings is 2. The summed E-state index contributed by atoms with van der Waals surface area (Å²) < 4.78 is 25.2. The Hall–Kier alpha value is -2.34. The molecule has 0 atom stereocenters. The van der Waals surface area contributed by atoms with Crippen LogP contribution in [0.1, 0.15) is 25.3 Å². The maximum Gasteiger partial charge on any atom is 0.245 e. The summed E-state index contributed by atoms with van der Waals surface area (Å²) in [4.78, 5) is 12.4. The first-order chi connectivity index (χ1) is 11.3. The van der Waals surface area contributed by atoms with Gasteiger partial charge in [-0.15, -0.1) is 0 Å². The highest BCUT2D eigenvalue weighted by Gasteiger charge is 2.21. The van der Waals surface area contributed by atoms with E-state index in [0.29, 0.717) is 11.4 Å².